The van der Waals surface area contributed by atoms with Gasteiger partial charge in [-0.2, -0.15) is 0 Å². The number of hydrogen-bond donors (Lipinski definition) is 1. The van der Waals surface area contributed by atoms with Gasteiger partial charge in [0.25, 0.3) is 0 Å². The molecule has 126 valence electrons. The second-order valence-electron chi connectivity index (χ2n) is 6.09. The van der Waals surface area contributed by atoms with Crippen LogP contribution in [0.5, 0.6) is 0 Å². The van der Waals surface area contributed by atoms with E-state index in [-0.39, 0.29) is 6.17 Å². The summed E-state index contributed by atoms with van der Waals surface area (Å²) in [5.74, 6) is 0.664. The molecule has 5 heteroatoms. The molecule has 0 spiro atoms. The van der Waals surface area contributed by atoms with Crippen LogP contribution in [0.2, 0.25) is 0 Å². The second kappa shape index (κ2) is 6.24. The highest BCUT2D eigenvalue weighted by Crippen LogP contribution is 2.36. The van der Waals surface area contributed by atoms with Gasteiger partial charge in [0.2, 0.25) is 0 Å². The first-order chi connectivity index (χ1) is 12.8. The maximum Gasteiger partial charge on any atom is 0.199 e. The molecule has 2 heterocycles. The van der Waals surface area contributed by atoms with Crippen molar-refractivity contribution in [1.82, 2.24) is 5.32 Å². The van der Waals surface area contributed by atoms with Crippen LogP contribution in [0.3, 0.4) is 0 Å². The largest absolute Gasteiger partial charge is 0.335 e. The Morgan fingerprint density at radius 3 is 2.50 bits per heavy atom. The normalized spacial score (nSPS) is 17.0. The summed E-state index contributed by atoms with van der Waals surface area (Å²) in [4.78, 5) is 9.34. The van der Waals surface area contributed by atoms with Crippen LogP contribution in [-0.2, 0) is 0 Å². The zero-order valence-corrected chi connectivity index (χ0v) is 15.3. The van der Waals surface area contributed by atoms with E-state index in [1.165, 1.54) is 20.2 Å². The summed E-state index contributed by atoms with van der Waals surface area (Å²) in [6.45, 7) is 0. The Morgan fingerprint density at radius 2 is 1.62 bits per heavy atom. The Labute approximate surface area is 159 Å². The van der Waals surface area contributed by atoms with Crippen molar-refractivity contribution < 1.29 is 0 Å². The SMILES string of the molecule is ClC1=NC(c2cccc3sc4ccccc4c23)=NC(c2ccccc2)N1. The Bertz CT molecular complexity index is 1180. The third-order valence-electron chi connectivity index (χ3n) is 4.47. The topological polar surface area (TPSA) is 36.8 Å². The van der Waals surface area contributed by atoms with Crippen molar-refractivity contribution in [3.05, 3.63) is 83.9 Å². The number of amidine groups is 2. The summed E-state index contributed by atoms with van der Waals surface area (Å²) < 4.78 is 2.49. The van der Waals surface area contributed by atoms with Crippen molar-refractivity contribution in [3.63, 3.8) is 0 Å². The number of nitrogens with zero attached hydrogens (tertiary/aromatic N) is 2. The van der Waals surface area contributed by atoms with E-state index < -0.39 is 0 Å². The first-order valence-corrected chi connectivity index (χ1v) is 9.53. The molecule has 1 unspecified atom stereocenters. The standard InChI is InChI=1S/C21H14ClN3S/c22-21-24-19(13-7-2-1-3-8-13)23-20(25-21)15-10-6-12-17-18(15)14-9-4-5-11-16(14)26-17/h1-12,19H,(H,23,24,25). The summed E-state index contributed by atoms with van der Waals surface area (Å²) in [7, 11) is 0. The molecule has 5 rings (SSSR count). The Morgan fingerprint density at radius 1 is 0.846 bits per heavy atom. The van der Waals surface area contributed by atoms with Crippen LogP contribution in [0.25, 0.3) is 20.2 Å². The summed E-state index contributed by atoms with van der Waals surface area (Å²) in [6.07, 6.45) is -0.239. The molecule has 1 N–H and O–H groups in total. The Kier molecular flexibility index (Phi) is 3.73. The van der Waals surface area contributed by atoms with Gasteiger partial charge >= 0.3 is 0 Å². The number of nitrogens with one attached hydrogen (secondary N) is 1. The molecule has 0 radical (unpaired) electrons. The molecule has 26 heavy (non-hydrogen) atoms. The molecule has 0 amide bonds. The minimum absolute atomic E-state index is 0.239. The quantitative estimate of drug-likeness (QED) is 0.448. The smallest absolute Gasteiger partial charge is 0.199 e. The van der Waals surface area contributed by atoms with Gasteiger partial charge in [-0.05, 0) is 29.3 Å². The van der Waals surface area contributed by atoms with Crippen molar-refractivity contribution in [2.75, 3.05) is 0 Å². The van der Waals surface area contributed by atoms with E-state index in [1.54, 1.807) is 11.3 Å². The maximum atomic E-state index is 6.31. The van der Waals surface area contributed by atoms with Gasteiger partial charge in [-0.3, -0.25) is 0 Å². The molecule has 3 nitrogen and oxygen atoms in total. The first kappa shape index (κ1) is 15.6. The van der Waals surface area contributed by atoms with E-state index in [9.17, 15) is 0 Å². The van der Waals surface area contributed by atoms with E-state index >= 15 is 0 Å². The average molecular weight is 376 g/mol. The van der Waals surface area contributed by atoms with Crippen LogP contribution in [0.1, 0.15) is 17.3 Å². The Hall–Kier alpha value is -2.69. The fraction of sp³-hybridized carbons (Fsp3) is 0.0476. The minimum atomic E-state index is -0.239. The van der Waals surface area contributed by atoms with Gasteiger partial charge in [-0.25, -0.2) is 9.98 Å². The number of rotatable bonds is 2. The first-order valence-electron chi connectivity index (χ1n) is 8.34. The highest BCUT2D eigenvalue weighted by atomic mass is 35.5. The van der Waals surface area contributed by atoms with Gasteiger partial charge in [-0.15, -0.1) is 11.3 Å². The number of halogens is 1. The van der Waals surface area contributed by atoms with Crippen LogP contribution in [0, 0.1) is 0 Å². The zero-order chi connectivity index (χ0) is 17.5. The number of thiophene rings is 1. The lowest BCUT2D eigenvalue weighted by Gasteiger charge is -2.20. The van der Waals surface area contributed by atoms with E-state index in [0.717, 1.165) is 11.1 Å². The zero-order valence-electron chi connectivity index (χ0n) is 13.7. The molecule has 1 aromatic heterocycles. The van der Waals surface area contributed by atoms with Crippen molar-refractivity contribution in [3.8, 4) is 0 Å². The molecule has 1 atom stereocenters. The predicted molar refractivity (Wildman–Crippen MR) is 111 cm³/mol. The number of aliphatic imine (C=N–C) groups is 2. The molecule has 0 aliphatic carbocycles. The Balaban J connectivity index is 1.72. The van der Waals surface area contributed by atoms with Crippen molar-refractivity contribution in [1.29, 1.82) is 0 Å². The second-order valence-corrected chi connectivity index (χ2v) is 7.53. The van der Waals surface area contributed by atoms with Crippen LogP contribution in [-0.4, -0.2) is 11.1 Å². The molecule has 0 saturated heterocycles. The van der Waals surface area contributed by atoms with E-state index in [2.05, 4.69) is 52.8 Å². The highest BCUT2D eigenvalue weighted by molar-refractivity contribution is 7.25. The van der Waals surface area contributed by atoms with Crippen LogP contribution in [0.15, 0.2) is 82.8 Å². The maximum absolute atomic E-state index is 6.31. The predicted octanol–water partition coefficient (Wildman–Crippen LogP) is 5.70. The molecule has 4 aromatic rings. The van der Waals surface area contributed by atoms with E-state index in [1.807, 2.05) is 30.3 Å². The lowest BCUT2D eigenvalue weighted by Crippen LogP contribution is -2.29. The highest BCUT2D eigenvalue weighted by Gasteiger charge is 2.21. The third kappa shape index (κ3) is 2.59. The summed E-state index contributed by atoms with van der Waals surface area (Å²) in [5, 5.41) is 5.92. The monoisotopic (exact) mass is 375 g/mol. The summed E-state index contributed by atoms with van der Waals surface area (Å²) in [6, 6.07) is 24.8. The van der Waals surface area contributed by atoms with E-state index in [0.29, 0.717) is 11.1 Å². The molecule has 3 aromatic carbocycles. The third-order valence-corrected chi connectivity index (χ3v) is 5.80. The molecular weight excluding hydrogens is 362 g/mol. The minimum Gasteiger partial charge on any atom is -0.335 e. The van der Waals surface area contributed by atoms with Crippen molar-refractivity contribution in [2.24, 2.45) is 9.98 Å². The number of benzene rings is 3. The van der Waals surface area contributed by atoms with Gasteiger partial charge in [0.15, 0.2) is 11.1 Å². The van der Waals surface area contributed by atoms with Gasteiger partial charge in [0.05, 0.1) is 0 Å². The number of hydrogen-bond acceptors (Lipinski definition) is 4. The van der Waals surface area contributed by atoms with Gasteiger partial charge < -0.3 is 5.32 Å². The van der Waals surface area contributed by atoms with Crippen LogP contribution in [0.4, 0.5) is 0 Å². The molecule has 0 bridgehead atoms. The molecular formula is C21H14ClN3S. The fourth-order valence-corrected chi connectivity index (χ4v) is 4.62. The van der Waals surface area contributed by atoms with Crippen LogP contribution < -0.4 is 5.32 Å². The molecule has 0 saturated carbocycles. The lowest BCUT2D eigenvalue weighted by atomic mass is 10.1. The molecule has 0 fully saturated rings. The summed E-state index contributed by atoms with van der Waals surface area (Å²) in [5.41, 5.74) is 2.07. The van der Waals surface area contributed by atoms with Gasteiger partial charge in [0.1, 0.15) is 6.17 Å². The number of fused-ring (bicyclic) bond motifs is 3. The lowest BCUT2D eigenvalue weighted by molar-refractivity contribution is 0.680. The van der Waals surface area contributed by atoms with Crippen LogP contribution >= 0.6 is 22.9 Å². The fourth-order valence-electron chi connectivity index (χ4n) is 3.31. The van der Waals surface area contributed by atoms with E-state index in [4.69, 9.17) is 16.6 Å². The average Bonchev–Trinajstić information content (AvgIpc) is 3.07. The molecule has 1 aliphatic heterocycles. The van der Waals surface area contributed by atoms with Gasteiger partial charge in [0, 0.05) is 25.7 Å². The van der Waals surface area contributed by atoms with Crippen molar-refractivity contribution >= 4 is 54.2 Å². The van der Waals surface area contributed by atoms with Gasteiger partial charge in [-0.1, -0.05) is 60.7 Å². The summed E-state index contributed by atoms with van der Waals surface area (Å²) >= 11 is 8.10. The molecule has 1 aliphatic rings. The van der Waals surface area contributed by atoms with Crippen molar-refractivity contribution in [2.45, 2.75) is 6.17 Å².